The molecule has 2 aliphatic rings. The Balaban J connectivity index is 2.07. The van der Waals surface area contributed by atoms with Crippen LogP contribution < -0.4 is 0 Å². The minimum Gasteiger partial charge on any atom is -0.395 e. The standard InChI is InChI=1S/C10H18N2O2/c1-8(7-13)11-6-2-3-10(14)12(11)9-4-5-9/h8-9,13H,2-7H2,1H3. The summed E-state index contributed by atoms with van der Waals surface area (Å²) >= 11 is 0. The zero-order valence-corrected chi connectivity index (χ0v) is 8.65. The molecule has 4 nitrogen and oxygen atoms in total. The van der Waals surface area contributed by atoms with Gasteiger partial charge in [0.25, 0.3) is 0 Å². The SMILES string of the molecule is CC(CO)N1CCCC(=O)N1C1CC1. The summed E-state index contributed by atoms with van der Waals surface area (Å²) in [5.41, 5.74) is 0. The van der Waals surface area contributed by atoms with E-state index in [0.717, 1.165) is 25.8 Å². The monoisotopic (exact) mass is 198 g/mol. The minimum absolute atomic E-state index is 0.0693. The van der Waals surface area contributed by atoms with E-state index < -0.39 is 0 Å². The highest BCUT2D eigenvalue weighted by Crippen LogP contribution is 2.31. The number of aliphatic hydroxyl groups excluding tert-OH is 1. The number of carbonyl (C=O) groups excluding carboxylic acids is 1. The molecule has 1 heterocycles. The van der Waals surface area contributed by atoms with Gasteiger partial charge in [-0.1, -0.05) is 0 Å². The predicted octanol–water partition coefficient (Wildman–Crippen LogP) is 0.369. The van der Waals surface area contributed by atoms with E-state index in [0.29, 0.717) is 12.5 Å². The van der Waals surface area contributed by atoms with E-state index in [2.05, 4.69) is 0 Å². The second-order valence-electron chi connectivity index (χ2n) is 4.27. The molecule has 0 aromatic carbocycles. The summed E-state index contributed by atoms with van der Waals surface area (Å²) in [6.07, 6.45) is 3.85. The van der Waals surface area contributed by atoms with Gasteiger partial charge in [-0.05, 0) is 26.2 Å². The van der Waals surface area contributed by atoms with E-state index in [9.17, 15) is 4.79 Å². The molecule has 14 heavy (non-hydrogen) atoms. The zero-order chi connectivity index (χ0) is 10.1. The fraction of sp³-hybridized carbons (Fsp3) is 0.900. The third-order valence-corrected chi connectivity index (χ3v) is 2.98. The Kier molecular flexibility index (Phi) is 2.74. The van der Waals surface area contributed by atoms with Crippen LogP contribution >= 0.6 is 0 Å². The number of nitrogens with zero attached hydrogens (tertiary/aromatic N) is 2. The Labute approximate surface area is 84.5 Å². The maximum atomic E-state index is 11.7. The van der Waals surface area contributed by atoms with Crippen LogP contribution in [0.5, 0.6) is 0 Å². The lowest BCUT2D eigenvalue weighted by molar-refractivity contribution is -0.164. The summed E-state index contributed by atoms with van der Waals surface area (Å²) < 4.78 is 0. The smallest absolute Gasteiger partial charge is 0.237 e. The number of hydrogen-bond donors (Lipinski definition) is 1. The van der Waals surface area contributed by atoms with Crippen molar-refractivity contribution in [3.05, 3.63) is 0 Å². The molecule has 1 atom stereocenters. The van der Waals surface area contributed by atoms with E-state index in [1.165, 1.54) is 0 Å². The lowest BCUT2D eigenvalue weighted by Crippen LogP contribution is -2.56. The summed E-state index contributed by atoms with van der Waals surface area (Å²) in [7, 11) is 0. The molecule has 0 bridgehead atoms. The molecule has 0 aromatic rings. The number of carbonyl (C=O) groups is 1. The van der Waals surface area contributed by atoms with Crippen molar-refractivity contribution in [3.63, 3.8) is 0 Å². The normalized spacial score (nSPS) is 26.7. The van der Waals surface area contributed by atoms with Crippen molar-refractivity contribution in [2.24, 2.45) is 0 Å². The van der Waals surface area contributed by atoms with Crippen molar-refractivity contribution in [1.82, 2.24) is 10.0 Å². The van der Waals surface area contributed by atoms with Crippen molar-refractivity contribution in [2.45, 2.75) is 44.7 Å². The molecule has 1 saturated carbocycles. The Morgan fingerprint density at radius 2 is 2.29 bits per heavy atom. The van der Waals surface area contributed by atoms with Gasteiger partial charge in [0.05, 0.1) is 6.61 Å². The van der Waals surface area contributed by atoms with E-state index >= 15 is 0 Å². The van der Waals surface area contributed by atoms with Gasteiger partial charge in [-0.25, -0.2) is 5.01 Å². The highest BCUT2D eigenvalue weighted by atomic mass is 16.3. The third kappa shape index (κ3) is 1.77. The predicted molar refractivity (Wildman–Crippen MR) is 52.4 cm³/mol. The first kappa shape index (κ1) is 9.93. The molecule has 0 radical (unpaired) electrons. The van der Waals surface area contributed by atoms with Crippen molar-refractivity contribution in [2.75, 3.05) is 13.2 Å². The topological polar surface area (TPSA) is 43.8 Å². The van der Waals surface area contributed by atoms with E-state index in [4.69, 9.17) is 5.11 Å². The molecule has 2 rings (SSSR count). The largest absolute Gasteiger partial charge is 0.395 e. The number of amides is 1. The molecule has 1 N–H and O–H groups in total. The van der Waals surface area contributed by atoms with Gasteiger partial charge in [-0.2, -0.15) is 0 Å². The van der Waals surface area contributed by atoms with Crippen LogP contribution in [0.1, 0.15) is 32.6 Å². The molecule has 1 unspecified atom stereocenters. The van der Waals surface area contributed by atoms with Gasteiger partial charge in [0, 0.05) is 25.0 Å². The molecule has 0 aromatic heterocycles. The van der Waals surface area contributed by atoms with Crippen LogP contribution in [-0.2, 0) is 4.79 Å². The molecule has 1 amide bonds. The van der Waals surface area contributed by atoms with Gasteiger partial charge in [0.1, 0.15) is 0 Å². The minimum atomic E-state index is 0.0693. The van der Waals surface area contributed by atoms with Crippen LogP contribution in [0.15, 0.2) is 0 Å². The molecular formula is C10H18N2O2. The van der Waals surface area contributed by atoms with Gasteiger partial charge in [0.2, 0.25) is 5.91 Å². The zero-order valence-electron chi connectivity index (χ0n) is 8.65. The number of hydrogen-bond acceptors (Lipinski definition) is 3. The lowest BCUT2D eigenvalue weighted by Gasteiger charge is -2.41. The number of rotatable bonds is 3. The second-order valence-corrected chi connectivity index (χ2v) is 4.27. The molecule has 1 saturated heterocycles. The average Bonchev–Trinajstić information content (AvgIpc) is 3.00. The van der Waals surface area contributed by atoms with Gasteiger partial charge < -0.3 is 5.11 Å². The first-order valence-corrected chi connectivity index (χ1v) is 5.43. The fourth-order valence-corrected chi connectivity index (χ4v) is 2.02. The summed E-state index contributed by atoms with van der Waals surface area (Å²) in [6.45, 7) is 2.99. The molecule has 1 aliphatic carbocycles. The molecule has 1 aliphatic heterocycles. The quantitative estimate of drug-likeness (QED) is 0.712. The fourth-order valence-electron chi connectivity index (χ4n) is 2.02. The lowest BCUT2D eigenvalue weighted by atomic mass is 10.2. The summed E-state index contributed by atoms with van der Waals surface area (Å²) in [4.78, 5) is 11.7. The van der Waals surface area contributed by atoms with Crippen LogP contribution in [-0.4, -0.2) is 46.3 Å². The van der Waals surface area contributed by atoms with Crippen LogP contribution in [0.25, 0.3) is 0 Å². The average molecular weight is 198 g/mol. The van der Waals surface area contributed by atoms with Crippen LogP contribution in [0.4, 0.5) is 0 Å². The molecule has 80 valence electrons. The summed E-state index contributed by atoms with van der Waals surface area (Å²) in [5.74, 6) is 0.235. The second kappa shape index (κ2) is 3.87. The van der Waals surface area contributed by atoms with Crippen molar-refractivity contribution >= 4 is 5.91 Å². The van der Waals surface area contributed by atoms with E-state index in [-0.39, 0.29) is 18.6 Å². The van der Waals surface area contributed by atoms with Gasteiger partial charge >= 0.3 is 0 Å². The van der Waals surface area contributed by atoms with E-state index in [1.54, 1.807) is 0 Å². The van der Waals surface area contributed by atoms with Gasteiger partial charge in [-0.15, -0.1) is 0 Å². The molecule has 2 fully saturated rings. The maximum Gasteiger partial charge on any atom is 0.237 e. The highest BCUT2D eigenvalue weighted by Gasteiger charge is 2.39. The Morgan fingerprint density at radius 1 is 1.57 bits per heavy atom. The van der Waals surface area contributed by atoms with E-state index in [1.807, 2.05) is 16.9 Å². The Morgan fingerprint density at radius 3 is 2.86 bits per heavy atom. The molecule has 4 heteroatoms. The van der Waals surface area contributed by atoms with Gasteiger partial charge in [-0.3, -0.25) is 9.80 Å². The first-order valence-electron chi connectivity index (χ1n) is 5.43. The molecule has 0 spiro atoms. The summed E-state index contributed by atoms with van der Waals surface area (Å²) in [5, 5.41) is 13.1. The number of aliphatic hydroxyl groups is 1. The van der Waals surface area contributed by atoms with Crippen molar-refractivity contribution in [3.8, 4) is 0 Å². The Hall–Kier alpha value is -0.610. The van der Waals surface area contributed by atoms with Crippen molar-refractivity contribution < 1.29 is 9.90 Å². The van der Waals surface area contributed by atoms with Crippen LogP contribution in [0, 0.1) is 0 Å². The molecular weight excluding hydrogens is 180 g/mol. The van der Waals surface area contributed by atoms with Crippen LogP contribution in [0.2, 0.25) is 0 Å². The first-order chi connectivity index (χ1) is 6.74. The maximum absolute atomic E-state index is 11.7. The van der Waals surface area contributed by atoms with Crippen LogP contribution in [0.3, 0.4) is 0 Å². The number of hydrazine groups is 1. The summed E-state index contributed by atoms with van der Waals surface area (Å²) in [6, 6.07) is 0.497. The Bertz CT molecular complexity index is 228. The third-order valence-electron chi connectivity index (χ3n) is 2.98. The highest BCUT2D eigenvalue weighted by molar-refractivity contribution is 5.77. The van der Waals surface area contributed by atoms with Gasteiger partial charge in [0.15, 0.2) is 0 Å². The van der Waals surface area contributed by atoms with Crippen molar-refractivity contribution in [1.29, 1.82) is 0 Å².